The van der Waals surface area contributed by atoms with Crippen molar-refractivity contribution in [3.63, 3.8) is 0 Å². The van der Waals surface area contributed by atoms with Crippen molar-refractivity contribution in [3.8, 4) is 0 Å². The lowest BCUT2D eigenvalue weighted by Crippen LogP contribution is -1.97. The van der Waals surface area contributed by atoms with Gasteiger partial charge in [-0.3, -0.25) is 10.1 Å². The predicted molar refractivity (Wildman–Crippen MR) is 80.0 cm³/mol. The number of nitrogens with one attached hydrogen (secondary N) is 1. The van der Waals surface area contributed by atoms with E-state index in [1.165, 1.54) is 12.1 Å². The van der Waals surface area contributed by atoms with E-state index in [0.29, 0.717) is 23.7 Å². The third kappa shape index (κ3) is 2.52. The Kier molecular flexibility index (Phi) is 3.41. The molecule has 102 valence electrons. The number of benzene rings is 1. The van der Waals surface area contributed by atoms with Gasteiger partial charge in [-0.1, -0.05) is 0 Å². The molecule has 0 radical (unpaired) electrons. The van der Waals surface area contributed by atoms with Crippen LogP contribution in [0.2, 0.25) is 0 Å². The summed E-state index contributed by atoms with van der Waals surface area (Å²) in [4.78, 5) is 15.6. The van der Waals surface area contributed by atoms with Gasteiger partial charge in [-0.2, -0.15) is 4.98 Å². The number of hydrogen-bond acceptors (Lipinski definition) is 6. The van der Waals surface area contributed by atoms with E-state index in [-0.39, 0.29) is 5.69 Å². The van der Waals surface area contributed by atoms with E-state index in [0.717, 1.165) is 9.35 Å². The van der Waals surface area contributed by atoms with Gasteiger partial charge >= 0.3 is 0 Å². The van der Waals surface area contributed by atoms with Gasteiger partial charge in [-0.15, -0.1) is 11.3 Å². The summed E-state index contributed by atoms with van der Waals surface area (Å²) in [6.45, 7) is 0.577. The second-order valence-electron chi connectivity index (χ2n) is 3.97. The van der Waals surface area contributed by atoms with Gasteiger partial charge in [0.1, 0.15) is 5.52 Å². The number of nitro groups is 1. The lowest BCUT2D eigenvalue weighted by atomic mass is 10.3. The lowest BCUT2D eigenvalue weighted by molar-refractivity contribution is -0.384. The van der Waals surface area contributed by atoms with Gasteiger partial charge < -0.3 is 9.73 Å². The van der Waals surface area contributed by atoms with E-state index in [4.69, 9.17) is 4.42 Å². The van der Waals surface area contributed by atoms with Crippen molar-refractivity contribution >= 4 is 50.1 Å². The molecule has 0 fully saturated rings. The molecule has 20 heavy (non-hydrogen) atoms. The highest BCUT2D eigenvalue weighted by Gasteiger charge is 2.11. The number of nitrogens with zero attached hydrogens (tertiary/aromatic N) is 2. The summed E-state index contributed by atoms with van der Waals surface area (Å²) in [5.41, 5.74) is 0.980. The zero-order valence-electron chi connectivity index (χ0n) is 10.00. The van der Waals surface area contributed by atoms with Crippen LogP contribution in [0.3, 0.4) is 0 Å². The van der Waals surface area contributed by atoms with Crippen molar-refractivity contribution < 1.29 is 9.34 Å². The average Bonchev–Trinajstić information content (AvgIpc) is 3.00. The van der Waals surface area contributed by atoms with Crippen molar-refractivity contribution in [1.82, 2.24) is 4.98 Å². The summed E-state index contributed by atoms with van der Waals surface area (Å²) >= 11 is 5.06. The summed E-state index contributed by atoms with van der Waals surface area (Å²) in [7, 11) is 0. The molecular formula is C12H8BrN3O3S. The number of fused-ring (bicyclic) bond motifs is 1. The van der Waals surface area contributed by atoms with E-state index < -0.39 is 4.92 Å². The number of rotatable bonds is 4. The summed E-state index contributed by atoms with van der Waals surface area (Å²) in [6, 6.07) is 6.66. The molecule has 0 aliphatic heterocycles. The fourth-order valence-corrected chi connectivity index (χ4v) is 3.14. The number of oxazole rings is 1. The summed E-state index contributed by atoms with van der Waals surface area (Å²) in [5, 5.41) is 15.7. The number of aromatic nitrogens is 1. The van der Waals surface area contributed by atoms with Gasteiger partial charge in [-0.05, 0) is 33.4 Å². The van der Waals surface area contributed by atoms with Gasteiger partial charge in [0, 0.05) is 21.5 Å². The molecule has 0 bridgehead atoms. The smallest absolute Gasteiger partial charge is 0.295 e. The van der Waals surface area contributed by atoms with Crippen molar-refractivity contribution in [2.24, 2.45) is 0 Å². The summed E-state index contributed by atoms with van der Waals surface area (Å²) in [6.07, 6.45) is 0. The minimum Gasteiger partial charge on any atom is -0.424 e. The monoisotopic (exact) mass is 353 g/mol. The molecule has 0 saturated carbocycles. The highest BCUT2D eigenvalue weighted by molar-refractivity contribution is 9.10. The van der Waals surface area contributed by atoms with Crippen LogP contribution in [0, 0.1) is 10.1 Å². The molecule has 8 heteroatoms. The van der Waals surface area contributed by atoms with Crippen LogP contribution < -0.4 is 5.32 Å². The van der Waals surface area contributed by atoms with Crippen LogP contribution in [0.5, 0.6) is 0 Å². The molecule has 0 atom stereocenters. The SMILES string of the molecule is O=[N+]([O-])c1ccc2oc(NCc3sccc3Br)nc2c1. The van der Waals surface area contributed by atoms with Crippen LogP contribution in [0.15, 0.2) is 38.5 Å². The molecule has 0 amide bonds. The Bertz CT molecular complexity index is 783. The second kappa shape index (κ2) is 5.22. The van der Waals surface area contributed by atoms with E-state index in [1.807, 2.05) is 11.4 Å². The first-order valence-corrected chi connectivity index (χ1v) is 7.31. The van der Waals surface area contributed by atoms with Gasteiger partial charge in [0.25, 0.3) is 11.7 Å². The Morgan fingerprint density at radius 1 is 1.45 bits per heavy atom. The number of hydrogen-bond donors (Lipinski definition) is 1. The third-order valence-electron chi connectivity index (χ3n) is 2.67. The Balaban J connectivity index is 1.82. The van der Waals surface area contributed by atoms with Crippen LogP contribution in [-0.2, 0) is 6.54 Å². The molecule has 2 aromatic heterocycles. The molecular weight excluding hydrogens is 346 g/mol. The lowest BCUT2D eigenvalue weighted by Gasteiger charge is -1.98. The summed E-state index contributed by atoms with van der Waals surface area (Å²) in [5.74, 6) is 0. The Morgan fingerprint density at radius 3 is 3.00 bits per heavy atom. The van der Waals surface area contributed by atoms with E-state index in [1.54, 1.807) is 17.4 Å². The molecule has 0 aliphatic carbocycles. The van der Waals surface area contributed by atoms with E-state index in [2.05, 4.69) is 26.2 Å². The van der Waals surface area contributed by atoms with E-state index in [9.17, 15) is 10.1 Å². The summed E-state index contributed by atoms with van der Waals surface area (Å²) < 4.78 is 6.51. The molecule has 0 aliphatic rings. The maximum atomic E-state index is 10.7. The molecule has 1 N–H and O–H groups in total. The Labute approximate surface area is 125 Å². The van der Waals surface area contributed by atoms with Gasteiger partial charge in [0.05, 0.1) is 11.5 Å². The molecule has 1 aromatic carbocycles. The molecule has 0 saturated heterocycles. The van der Waals surface area contributed by atoms with Crippen LogP contribution in [0.25, 0.3) is 11.1 Å². The minimum atomic E-state index is -0.454. The minimum absolute atomic E-state index is 0.00153. The van der Waals surface area contributed by atoms with Crippen molar-refractivity contribution in [1.29, 1.82) is 0 Å². The fourth-order valence-electron chi connectivity index (χ4n) is 1.71. The number of halogens is 1. The molecule has 2 heterocycles. The van der Waals surface area contributed by atoms with Gasteiger partial charge in [0.15, 0.2) is 5.58 Å². The first-order valence-electron chi connectivity index (χ1n) is 5.64. The molecule has 0 spiro atoms. The fraction of sp³-hybridized carbons (Fsp3) is 0.0833. The highest BCUT2D eigenvalue weighted by atomic mass is 79.9. The third-order valence-corrected chi connectivity index (χ3v) is 4.60. The average molecular weight is 354 g/mol. The molecule has 6 nitrogen and oxygen atoms in total. The number of non-ortho nitro benzene ring substituents is 1. The topological polar surface area (TPSA) is 81.2 Å². The second-order valence-corrected chi connectivity index (χ2v) is 5.83. The number of nitro benzene ring substituents is 1. The predicted octanol–water partition coefficient (Wildman–Crippen LogP) is 4.17. The Morgan fingerprint density at radius 2 is 2.30 bits per heavy atom. The number of anilines is 1. The molecule has 3 aromatic rings. The van der Waals surface area contributed by atoms with Crippen LogP contribution in [0.1, 0.15) is 4.88 Å². The zero-order valence-corrected chi connectivity index (χ0v) is 12.4. The van der Waals surface area contributed by atoms with Gasteiger partial charge in [-0.25, -0.2) is 0 Å². The maximum absolute atomic E-state index is 10.7. The zero-order chi connectivity index (χ0) is 14.1. The molecule has 3 rings (SSSR count). The van der Waals surface area contributed by atoms with Crippen molar-refractivity contribution in [3.05, 3.63) is 49.1 Å². The van der Waals surface area contributed by atoms with Gasteiger partial charge in [0.2, 0.25) is 0 Å². The van der Waals surface area contributed by atoms with Crippen molar-refractivity contribution in [2.45, 2.75) is 6.54 Å². The van der Waals surface area contributed by atoms with Crippen LogP contribution >= 0.6 is 27.3 Å². The van der Waals surface area contributed by atoms with Crippen LogP contribution in [0.4, 0.5) is 11.7 Å². The standard InChI is InChI=1S/C12H8BrN3O3S/c13-8-3-4-20-11(8)6-14-12-15-9-5-7(16(17)18)1-2-10(9)19-12/h1-5H,6H2,(H,14,15). The largest absolute Gasteiger partial charge is 0.424 e. The molecule has 0 unspecified atom stereocenters. The van der Waals surface area contributed by atoms with E-state index >= 15 is 0 Å². The van der Waals surface area contributed by atoms with Crippen molar-refractivity contribution in [2.75, 3.05) is 5.32 Å². The van der Waals surface area contributed by atoms with Crippen LogP contribution in [-0.4, -0.2) is 9.91 Å². The Hall–Kier alpha value is -1.93. The first kappa shape index (κ1) is 13.1. The first-order chi connectivity index (χ1) is 9.63. The highest BCUT2D eigenvalue weighted by Crippen LogP contribution is 2.26. The maximum Gasteiger partial charge on any atom is 0.295 e. The normalized spacial score (nSPS) is 10.8. The quantitative estimate of drug-likeness (QED) is 0.562. The number of thiophene rings is 1.